The highest BCUT2D eigenvalue weighted by molar-refractivity contribution is 5.95. The van der Waals surface area contributed by atoms with E-state index in [4.69, 9.17) is 15.6 Å². The Morgan fingerprint density at radius 3 is 2.78 bits per heavy atom. The highest BCUT2D eigenvalue weighted by Gasteiger charge is 2.13. The van der Waals surface area contributed by atoms with E-state index >= 15 is 0 Å². The predicted octanol–water partition coefficient (Wildman–Crippen LogP) is 3.06. The van der Waals surface area contributed by atoms with E-state index < -0.39 is 5.97 Å². The fourth-order valence-corrected chi connectivity index (χ4v) is 1.81. The maximum Gasteiger partial charge on any atom is 0.338 e. The van der Waals surface area contributed by atoms with E-state index in [-0.39, 0.29) is 11.3 Å². The van der Waals surface area contributed by atoms with Gasteiger partial charge in [0.05, 0.1) is 12.2 Å². The van der Waals surface area contributed by atoms with E-state index in [1.165, 1.54) is 12.8 Å². The summed E-state index contributed by atoms with van der Waals surface area (Å²) < 4.78 is 5.49. The number of hydrogen-bond donors (Lipinski definition) is 2. The molecule has 0 saturated carbocycles. The maximum absolute atomic E-state index is 11.1. The molecule has 4 heteroatoms. The van der Waals surface area contributed by atoms with Crippen molar-refractivity contribution in [1.82, 2.24) is 0 Å². The second-order valence-corrected chi connectivity index (χ2v) is 4.30. The van der Waals surface area contributed by atoms with Crippen molar-refractivity contribution in [2.75, 3.05) is 12.3 Å². The van der Waals surface area contributed by atoms with Crippen LogP contribution in [0.25, 0.3) is 0 Å². The lowest BCUT2D eigenvalue weighted by Crippen LogP contribution is -2.08. The molecule has 0 aliphatic rings. The standard InChI is InChI=1S/C14H21NO3/c1-2-3-4-5-9-18-10-11-7-6-8-12(15)13(11)14(16)17/h6-8H,2-5,9-10,15H2,1H3,(H,16,17). The first-order valence-corrected chi connectivity index (χ1v) is 6.35. The van der Waals surface area contributed by atoms with Gasteiger partial charge in [0.1, 0.15) is 0 Å². The van der Waals surface area contributed by atoms with Gasteiger partial charge in [-0.2, -0.15) is 0 Å². The summed E-state index contributed by atoms with van der Waals surface area (Å²) in [6.45, 7) is 3.12. The van der Waals surface area contributed by atoms with Crippen LogP contribution in [0.4, 0.5) is 5.69 Å². The summed E-state index contributed by atoms with van der Waals surface area (Å²) >= 11 is 0. The molecule has 18 heavy (non-hydrogen) atoms. The minimum Gasteiger partial charge on any atom is -0.478 e. The third-order valence-electron chi connectivity index (χ3n) is 2.80. The number of ether oxygens (including phenoxy) is 1. The van der Waals surface area contributed by atoms with E-state index in [1.54, 1.807) is 18.2 Å². The fourth-order valence-electron chi connectivity index (χ4n) is 1.81. The summed E-state index contributed by atoms with van der Waals surface area (Å²) in [5.41, 5.74) is 6.74. The monoisotopic (exact) mass is 251 g/mol. The zero-order chi connectivity index (χ0) is 13.4. The van der Waals surface area contributed by atoms with Crippen LogP contribution in [0.15, 0.2) is 18.2 Å². The molecule has 0 bridgehead atoms. The second-order valence-electron chi connectivity index (χ2n) is 4.30. The lowest BCUT2D eigenvalue weighted by Gasteiger charge is -2.09. The van der Waals surface area contributed by atoms with Crippen LogP contribution in [0, 0.1) is 0 Å². The number of rotatable bonds is 8. The number of hydrogen-bond acceptors (Lipinski definition) is 3. The highest BCUT2D eigenvalue weighted by atomic mass is 16.5. The Labute approximate surface area is 108 Å². The molecule has 0 aliphatic carbocycles. The molecule has 0 aromatic heterocycles. The van der Waals surface area contributed by atoms with Crippen LogP contribution < -0.4 is 5.73 Å². The number of benzene rings is 1. The van der Waals surface area contributed by atoms with Gasteiger partial charge < -0.3 is 15.6 Å². The molecule has 1 rings (SSSR count). The van der Waals surface area contributed by atoms with E-state index in [2.05, 4.69) is 6.92 Å². The molecule has 0 fully saturated rings. The van der Waals surface area contributed by atoms with Gasteiger partial charge in [-0.05, 0) is 18.1 Å². The molecule has 0 unspecified atom stereocenters. The number of carboxylic acids is 1. The minimum absolute atomic E-state index is 0.158. The average Bonchev–Trinajstić information content (AvgIpc) is 2.33. The quantitative estimate of drug-likeness (QED) is 0.550. The molecule has 0 spiro atoms. The summed E-state index contributed by atoms with van der Waals surface area (Å²) in [6, 6.07) is 5.08. The first kappa shape index (κ1) is 14.5. The van der Waals surface area contributed by atoms with Crippen molar-refractivity contribution in [1.29, 1.82) is 0 Å². The van der Waals surface area contributed by atoms with Crippen molar-refractivity contribution < 1.29 is 14.6 Å². The topological polar surface area (TPSA) is 72.5 Å². The molecule has 0 aliphatic heterocycles. The van der Waals surface area contributed by atoms with Gasteiger partial charge in [-0.3, -0.25) is 0 Å². The Kier molecular flexibility index (Phi) is 6.22. The Hall–Kier alpha value is -1.55. The van der Waals surface area contributed by atoms with E-state index in [9.17, 15) is 4.79 Å². The Morgan fingerprint density at radius 2 is 2.11 bits per heavy atom. The summed E-state index contributed by atoms with van der Waals surface area (Å²) in [5.74, 6) is -1.00. The summed E-state index contributed by atoms with van der Waals surface area (Å²) in [5, 5.41) is 9.08. The molecular weight excluding hydrogens is 230 g/mol. The highest BCUT2D eigenvalue weighted by Crippen LogP contribution is 2.18. The number of nitrogens with two attached hydrogens (primary N) is 1. The van der Waals surface area contributed by atoms with E-state index in [1.807, 2.05) is 0 Å². The Balaban J connectivity index is 2.47. The van der Waals surface area contributed by atoms with Crippen molar-refractivity contribution in [3.05, 3.63) is 29.3 Å². The normalized spacial score (nSPS) is 10.5. The molecule has 100 valence electrons. The summed E-state index contributed by atoms with van der Waals surface area (Å²) in [4.78, 5) is 11.1. The van der Waals surface area contributed by atoms with Crippen molar-refractivity contribution in [2.45, 2.75) is 39.2 Å². The van der Waals surface area contributed by atoms with Crippen LogP contribution in [0.5, 0.6) is 0 Å². The molecule has 0 amide bonds. The van der Waals surface area contributed by atoms with Crippen LogP contribution in [0.3, 0.4) is 0 Å². The number of aromatic carboxylic acids is 1. The first-order valence-electron chi connectivity index (χ1n) is 6.35. The summed E-state index contributed by atoms with van der Waals surface area (Å²) in [6.07, 6.45) is 4.57. The SMILES string of the molecule is CCCCCCOCc1cccc(N)c1C(=O)O. The first-order chi connectivity index (χ1) is 8.66. The molecule has 3 N–H and O–H groups in total. The van der Waals surface area contributed by atoms with Crippen molar-refractivity contribution in [3.8, 4) is 0 Å². The van der Waals surface area contributed by atoms with E-state index in [0.29, 0.717) is 18.8 Å². The lowest BCUT2D eigenvalue weighted by molar-refractivity contribution is 0.0688. The number of carboxylic acid groups (broad SMARTS) is 1. The van der Waals surface area contributed by atoms with Crippen LogP contribution in [-0.2, 0) is 11.3 Å². The van der Waals surface area contributed by atoms with Crippen LogP contribution in [0.2, 0.25) is 0 Å². The second kappa shape index (κ2) is 7.71. The van der Waals surface area contributed by atoms with Gasteiger partial charge in [0.25, 0.3) is 0 Å². The third-order valence-corrected chi connectivity index (χ3v) is 2.80. The smallest absolute Gasteiger partial charge is 0.338 e. The van der Waals surface area contributed by atoms with Gasteiger partial charge in [0.15, 0.2) is 0 Å². The molecule has 4 nitrogen and oxygen atoms in total. The zero-order valence-corrected chi connectivity index (χ0v) is 10.8. The van der Waals surface area contributed by atoms with Crippen molar-refractivity contribution in [2.24, 2.45) is 0 Å². The van der Waals surface area contributed by atoms with Gasteiger partial charge in [-0.15, -0.1) is 0 Å². The van der Waals surface area contributed by atoms with Crippen LogP contribution in [-0.4, -0.2) is 17.7 Å². The van der Waals surface area contributed by atoms with Gasteiger partial charge in [-0.1, -0.05) is 38.3 Å². The molecule has 0 radical (unpaired) electrons. The fraction of sp³-hybridized carbons (Fsp3) is 0.500. The summed E-state index contributed by atoms with van der Waals surface area (Å²) in [7, 11) is 0. The van der Waals surface area contributed by atoms with Gasteiger partial charge in [0, 0.05) is 12.3 Å². The molecule has 0 atom stereocenters. The molecule has 1 aromatic carbocycles. The number of unbranched alkanes of at least 4 members (excludes halogenated alkanes) is 3. The number of anilines is 1. The Morgan fingerprint density at radius 1 is 1.33 bits per heavy atom. The van der Waals surface area contributed by atoms with E-state index in [0.717, 1.165) is 12.8 Å². The lowest BCUT2D eigenvalue weighted by atomic mass is 10.1. The van der Waals surface area contributed by atoms with Crippen LogP contribution >= 0.6 is 0 Å². The molecule has 1 aromatic rings. The van der Waals surface area contributed by atoms with Gasteiger partial charge in [0.2, 0.25) is 0 Å². The predicted molar refractivity (Wildman–Crippen MR) is 71.6 cm³/mol. The zero-order valence-electron chi connectivity index (χ0n) is 10.8. The number of carbonyl (C=O) groups is 1. The molecule has 0 heterocycles. The molecule has 0 saturated heterocycles. The van der Waals surface area contributed by atoms with Crippen molar-refractivity contribution in [3.63, 3.8) is 0 Å². The Bertz CT molecular complexity index is 391. The minimum atomic E-state index is -1.00. The largest absolute Gasteiger partial charge is 0.478 e. The third kappa shape index (κ3) is 4.37. The van der Waals surface area contributed by atoms with Crippen LogP contribution in [0.1, 0.15) is 48.5 Å². The number of nitrogen functional groups attached to an aromatic ring is 1. The molecular formula is C14H21NO3. The maximum atomic E-state index is 11.1. The average molecular weight is 251 g/mol. The van der Waals surface area contributed by atoms with Gasteiger partial charge in [-0.25, -0.2) is 4.79 Å². The van der Waals surface area contributed by atoms with Crippen molar-refractivity contribution >= 4 is 11.7 Å². The van der Waals surface area contributed by atoms with Gasteiger partial charge >= 0.3 is 5.97 Å².